The zero-order valence-electron chi connectivity index (χ0n) is 19.2. The molecule has 2 atom stereocenters. The molecule has 5 nitrogen and oxygen atoms in total. The van der Waals surface area contributed by atoms with Crippen molar-refractivity contribution in [1.29, 1.82) is 0 Å². The molecule has 2 N–H and O–H groups in total. The molecule has 1 aromatic heterocycles. The zero-order chi connectivity index (χ0) is 23.5. The van der Waals surface area contributed by atoms with E-state index in [9.17, 15) is 18.7 Å². The third-order valence-electron chi connectivity index (χ3n) is 6.87. The molecular formula is C25H33F2N3O2. The number of rotatable bonds is 10. The molecule has 0 radical (unpaired) electrons. The van der Waals surface area contributed by atoms with Gasteiger partial charge >= 0.3 is 0 Å². The van der Waals surface area contributed by atoms with Gasteiger partial charge in [0.05, 0.1) is 0 Å². The first-order valence-electron chi connectivity index (χ1n) is 11.0. The Morgan fingerprint density at radius 1 is 1.25 bits per heavy atom. The largest absolute Gasteiger partial charge is 0.508 e. The van der Waals surface area contributed by atoms with Crippen LogP contribution in [0.1, 0.15) is 48.8 Å². The smallest absolute Gasteiger partial charge is 0.251 e. The maximum absolute atomic E-state index is 14.5. The van der Waals surface area contributed by atoms with Crippen molar-refractivity contribution in [2.24, 2.45) is 5.41 Å². The third-order valence-corrected chi connectivity index (χ3v) is 6.87. The number of benzene rings is 1. The van der Waals surface area contributed by atoms with Crippen LogP contribution in [0.4, 0.5) is 8.78 Å². The molecular weight excluding hydrogens is 412 g/mol. The first-order valence-corrected chi connectivity index (χ1v) is 11.0. The third kappa shape index (κ3) is 5.44. The number of phenols is 1. The molecule has 1 aliphatic rings. The second-order valence-electron chi connectivity index (χ2n) is 9.32. The number of aromatic hydroxyl groups is 1. The van der Waals surface area contributed by atoms with E-state index in [1.165, 1.54) is 0 Å². The van der Waals surface area contributed by atoms with Gasteiger partial charge in [-0.3, -0.25) is 9.78 Å². The first kappa shape index (κ1) is 24.1. The summed E-state index contributed by atoms with van der Waals surface area (Å²) in [5.41, 5.74) is 1.64. The van der Waals surface area contributed by atoms with E-state index < -0.39 is 17.3 Å². The van der Waals surface area contributed by atoms with Crippen LogP contribution < -0.4 is 5.32 Å². The van der Waals surface area contributed by atoms with Gasteiger partial charge < -0.3 is 15.3 Å². The van der Waals surface area contributed by atoms with Gasteiger partial charge in [0, 0.05) is 42.7 Å². The summed E-state index contributed by atoms with van der Waals surface area (Å²) in [7, 11) is 3.90. The van der Waals surface area contributed by atoms with Crippen LogP contribution in [-0.2, 0) is 11.2 Å². The van der Waals surface area contributed by atoms with Crippen LogP contribution in [0.15, 0.2) is 42.7 Å². The lowest BCUT2D eigenvalue weighted by molar-refractivity contribution is -0.123. The fraction of sp³-hybridized carbons (Fsp3) is 0.520. The van der Waals surface area contributed by atoms with E-state index in [4.69, 9.17) is 0 Å². The number of carbonyl (C=O) groups is 1. The van der Waals surface area contributed by atoms with Gasteiger partial charge in [0.25, 0.3) is 5.92 Å². The molecule has 1 heterocycles. The van der Waals surface area contributed by atoms with E-state index in [-0.39, 0.29) is 24.1 Å². The van der Waals surface area contributed by atoms with Crippen molar-refractivity contribution in [2.45, 2.75) is 57.4 Å². The predicted molar refractivity (Wildman–Crippen MR) is 121 cm³/mol. The van der Waals surface area contributed by atoms with E-state index >= 15 is 0 Å². The second kappa shape index (κ2) is 9.53. The van der Waals surface area contributed by atoms with Gasteiger partial charge in [0.15, 0.2) is 0 Å². The van der Waals surface area contributed by atoms with E-state index in [0.29, 0.717) is 25.8 Å². The van der Waals surface area contributed by atoms with Gasteiger partial charge in [-0.25, -0.2) is 8.78 Å². The Labute approximate surface area is 188 Å². The van der Waals surface area contributed by atoms with Gasteiger partial charge in [-0.05, 0) is 88.2 Å². The lowest BCUT2D eigenvalue weighted by atomic mass is 9.77. The number of amides is 1. The summed E-state index contributed by atoms with van der Waals surface area (Å²) in [5.74, 6) is -3.41. The Bertz CT molecular complexity index is 925. The van der Waals surface area contributed by atoms with Crippen LogP contribution in [0.5, 0.6) is 5.75 Å². The number of pyridine rings is 1. The van der Waals surface area contributed by atoms with Crippen LogP contribution in [0.25, 0.3) is 0 Å². The van der Waals surface area contributed by atoms with Crippen LogP contribution in [0.2, 0.25) is 0 Å². The van der Waals surface area contributed by atoms with Gasteiger partial charge in [-0.15, -0.1) is 0 Å². The van der Waals surface area contributed by atoms with Gasteiger partial charge in [-0.1, -0.05) is 6.07 Å². The molecule has 2 aromatic rings. The molecule has 1 aromatic carbocycles. The summed E-state index contributed by atoms with van der Waals surface area (Å²) in [6.07, 6.45) is 4.72. The number of nitrogens with zero attached hydrogens (tertiary/aromatic N) is 2. The lowest BCUT2D eigenvalue weighted by Gasteiger charge is -2.32. The Morgan fingerprint density at radius 3 is 2.44 bits per heavy atom. The number of nitrogens with one attached hydrogen (secondary N) is 1. The number of halogens is 2. The van der Waals surface area contributed by atoms with Crippen molar-refractivity contribution in [1.82, 2.24) is 15.2 Å². The number of hydrogen-bond donors (Lipinski definition) is 2. The Kier molecular flexibility index (Phi) is 7.18. The number of aryl methyl sites for hydroxylation is 1. The highest BCUT2D eigenvalue weighted by atomic mass is 19.3. The monoisotopic (exact) mass is 445 g/mol. The highest BCUT2D eigenvalue weighted by molar-refractivity contribution is 5.77. The number of aromatic nitrogens is 1. The number of alkyl halides is 2. The Hall–Kier alpha value is -2.54. The highest BCUT2D eigenvalue weighted by Gasteiger charge is 2.63. The molecule has 7 heteroatoms. The number of carbonyl (C=O) groups excluding carboxylic acids is 1. The van der Waals surface area contributed by atoms with Crippen molar-refractivity contribution in [2.75, 3.05) is 20.6 Å². The van der Waals surface area contributed by atoms with Crippen molar-refractivity contribution in [3.8, 4) is 5.75 Å². The van der Waals surface area contributed by atoms with Crippen molar-refractivity contribution < 1.29 is 18.7 Å². The van der Waals surface area contributed by atoms with Crippen LogP contribution in [0.3, 0.4) is 0 Å². The van der Waals surface area contributed by atoms with E-state index in [1.807, 2.05) is 32.0 Å². The Morgan fingerprint density at radius 2 is 1.91 bits per heavy atom. The molecule has 0 bridgehead atoms. The van der Waals surface area contributed by atoms with E-state index in [1.54, 1.807) is 36.7 Å². The average Bonchev–Trinajstić information content (AvgIpc) is 3.53. The molecule has 0 saturated heterocycles. The molecule has 0 spiro atoms. The summed E-state index contributed by atoms with van der Waals surface area (Å²) in [6.45, 7) is 3.32. The summed E-state index contributed by atoms with van der Waals surface area (Å²) < 4.78 is 29.0. The van der Waals surface area contributed by atoms with Crippen molar-refractivity contribution >= 4 is 5.91 Å². The van der Waals surface area contributed by atoms with Gasteiger partial charge in [0.1, 0.15) is 5.75 Å². The molecule has 174 valence electrons. The maximum atomic E-state index is 14.5. The molecule has 1 saturated carbocycles. The quantitative estimate of drug-likeness (QED) is 0.573. The van der Waals surface area contributed by atoms with Crippen molar-refractivity contribution in [3.63, 3.8) is 0 Å². The first-order chi connectivity index (χ1) is 15.0. The fourth-order valence-electron chi connectivity index (χ4n) is 4.55. The second-order valence-corrected chi connectivity index (χ2v) is 9.32. The summed E-state index contributed by atoms with van der Waals surface area (Å²) in [4.78, 5) is 18.9. The fourth-order valence-corrected chi connectivity index (χ4v) is 4.55. The predicted octanol–water partition coefficient (Wildman–Crippen LogP) is 4.29. The summed E-state index contributed by atoms with van der Waals surface area (Å²) in [6, 6.07) is 8.78. The minimum atomic E-state index is -2.86. The Balaban J connectivity index is 1.69. The minimum Gasteiger partial charge on any atom is -0.508 e. The van der Waals surface area contributed by atoms with Crippen LogP contribution in [0, 0.1) is 12.3 Å². The van der Waals surface area contributed by atoms with Gasteiger partial charge in [-0.2, -0.15) is 0 Å². The number of hydrogen-bond acceptors (Lipinski definition) is 4. The maximum Gasteiger partial charge on any atom is 0.251 e. The molecule has 1 aliphatic carbocycles. The summed E-state index contributed by atoms with van der Waals surface area (Å²) in [5, 5.41) is 12.6. The van der Waals surface area contributed by atoms with Crippen LogP contribution >= 0.6 is 0 Å². The van der Waals surface area contributed by atoms with Gasteiger partial charge in [0.2, 0.25) is 5.91 Å². The molecule has 1 amide bonds. The van der Waals surface area contributed by atoms with Crippen LogP contribution in [-0.4, -0.2) is 53.5 Å². The topological polar surface area (TPSA) is 65.5 Å². The summed E-state index contributed by atoms with van der Waals surface area (Å²) >= 11 is 0. The standard InChI is InChI=1S/C25H33F2N3O2/c1-17-13-21(31)6-5-19(17)14-20(30(3)4)16-29-23(32)15-22(18-7-11-28-12-8-18)25(9-10-25)24(2,26)27/h5-8,11-13,20,22,31H,9-10,14-16H2,1-4H3,(H,29,32)/t20-,22?/m0/s1. The molecule has 32 heavy (non-hydrogen) atoms. The normalized spacial score (nSPS) is 17.1. The average molecular weight is 446 g/mol. The van der Waals surface area contributed by atoms with E-state index in [2.05, 4.69) is 10.3 Å². The highest BCUT2D eigenvalue weighted by Crippen LogP contribution is 2.65. The van der Waals surface area contributed by atoms with Crippen molar-refractivity contribution in [3.05, 3.63) is 59.4 Å². The lowest BCUT2D eigenvalue weighted by Crippen LogP contribution is -2.43. The minimum absolute atomic E-state index is 0.0197. The molecule has 1 fully saturated rings. The molecule has 3 rings (SSSR count). The number of likely N-dealkylation sites (N-methyl/N-ethyl adjacent to an activating group) is 1. The number of phenolic OH excluding ortho intramolecular Hbond substituents is 1. The zero-order valence-corrected chi connectivity index (χ0v) is 19.2. The molecule has 1 unspecified atom stereocenters. The van der Waals surface area contributed by atoms with E-state index in [0.717, 1.165) is 23.6 Å². The molecule has 0 aliphatic heterocycles. The SMILES string of the molecule is Cc1cc(O)ccc1C[C@@H](CNC(=O)CC(c1ccncc1)C1(C(C)(F)F)CC1)N(C)C.